The predicted octanol–water partition coefficient (Wildman–Crippen LogP) is 3.48. The number of anilines is 2. The number of rotatable bonds is 5. The molecule has 0 aliphatic heterocycles. The highest BCUT2D eigenvalue weighted by Crippen LogP contribution is 2.47. The lowest BCUT2D eigenvalue weighted by atomic mass is 10.0. The molecular weight excluding hydrogens is 356 g/mol. The Hall–Kier alpha value is -2.86. The van der Waals surface area contributed by atoms with Gasteiger partial charge in [-0.25, -0.2) is 4.79 Å². The first-order valence-corrected chi connectivity index (χ1v) is 8.39. The van der Waals surface area contributed by atoms with Crippen LogP contribution in [0, 0.1) is 5.41 Å². The lowest BCUT2D eigenvalue weighted by Gasteiger charge is -2.16. The molecule has 2 aromatic rings. The Morgan fingerprint density at radius 1 is 0.962 bits per heavy atom. The summed E-state index contributed by atoms with van der Waals surface area (Å²) >= 11 is 5.83. The SMILES string of the molecule is COC(=O)c1cccc(NC(=O)C2(C(=O)Nc3ccc(Cl)cc3)CC2)c1. The number of carbonyl (C=O) groups excluding carboxylic acids is 3. The Morgan fingerprint density at radius 3 is 2.15 bits per heavy atom. The molecule has 1 saturated carbocycles. The average molecular weight is 373 g/mol. The van der Waals surface area contributed by atoms with Gasteiger partial charge in [-0.15, -0.1) is 0 Å². The minimum atomic E-state index is -1.10. The van der Waals surface area contributed by atoms with Crippen LogP contribution < -0.4 is 10.6 Å². The van der Waals surface area contributed by atoms with Crippen molar-refractivity contribution in [2.45, 2.75) is 12.8 Å². The second-order valence-electron chi connectivity index (χ2n) is 6.07. The normalized spacial score (nSPS) is 14.2. The molecule has 1 fully saturated rings. The summed E-state index contributed by atoms with van der Waals surface area (Å²) in [4.78, 5) is 36.8. The second kappa shape index (κ2) is 7.17. The largest absolute Gasteiger partial charge is 0.465 e. The van der Waals surface area contributed by atoms with Crippen molar-refractivity contribution in [2.24, 2.45) is 5.41 Å². The molecule has 0 atom stereocenters. The summed E-state index contributed by atoms with van der Waals surface area (Å²) in [6.45, 7) is 0. The van der Waals surface area contributed by atoms with Crippen molar-refractivity contribution in [2.75, 3.05) is 17.7 Å². The number of halogens is 1. The van der Waals surface area contributed by atoms with Crippen molar-refractivity contribution in [3.63, 3.8) is 0 Å². The van der Waals surface area contributed by atoms with Gasteiger partial charge >= 0.3 is 5.97 Å². The van der Waals surface area contributed by atoms with E-state index in [1.165, 1.54) is 13.2 Å². The van der Waals surface area contributed by atoms with Gasteiger partial charge in [0.25, 0.3) is 0 Å². The maximum atomic E-state index is 12.6. The van der Waals surface area contributed by atoms with Gasteiger partial charge in [0.1, 0.15) is 5.41 Å². The summed E-state index contributed by atoms with van der Waals surface area (Å²) in [7, 11) is 1.29. The molecule has 6 nitrogen and oxygen atoms in total. The molecule has 2 N–H and O–H groups in total. The van der Waals surface area contributed by atoms with Crippen LogP contribution in [0.1, 0.15) is 23.2 Å². The Labute approximate surface area is 155 Å². The fourth-order valence-electron chi connectivity index (χ4n) is 2.56. The van der Waals surface area contributed by atoms with E-state index < -0.39 is 17.3 Å². The van der Waals surface area contributed by atoms with Crippen LogP contribution in [-0.4, -0.2) is 24.9 Å². The molecule has 0 spiro atoms. The van der Waals surface area contributed by atoms with Gasteiger partial charge in [0.15, 0.2) is 0 Å². The van der Waals surface area contributed by atoms with Crippen LogP contribution in [0.3, 0.4) is 0 Å². The van der Waals surface area contributed by atoms with Crippen molar-refractivity contribution in [1.82, 2.24) is 0 Å². The number of ether oxygens (including phenoxy) is 1. The Bertz CT molecular complexity index is 860. The summed E-state index contributed by atoms with van der Waals surface area (Å²) < 4.78 is 4.66. The van der Waals surface area contributed by atoms with Gasteiger partial charge in [-0.2, -0.15) is 0 Å². The van der Waals surface area contributed by atoms with Gasteiger partial charge in [0, 0.05) is 16.4 Å². The highest BCUT2D eigenvalue weighted by molar-refractivity contribution is 6.30. The van der Waals surface area contributed by atoms with E-state index in [0.717, 1.165) is 0 Å². The number of esters is 1. The first-order valence-electron chi connectivity index (χ1n) is 8.01. The highest BCUT2D eigenvalue weighted by atomic mass is 35.5. The molecule has 26 heavy (non-hydrogen) atoms. The van der Waals surface area contributed by atoms with Crippen LogP contribution in [-0.2, 0) is 14.3 Å². The molecular formula is C19H17ClN2O4. The van der Waals surface area contributed by atoms with E-state index in [4.69, 9.17) is 11.6 Å². The molecule has 7 heteroatoms. The van der Waals surface area contributed by atoms with Crippen LogP contribution >= 0.6 is 11.6 Å². The first kappa shape index (κ1) is 17.9. The molecule has 2 aromatic carbocycles. The van der Waals surface area contributed by atoms with E-state index in [0.29, 0.717) is 34.8 Å². The van der Waals surface area contributed by atoms with E-state index in [-0.39, 0.29) is 5.91 Å². The zero-order chi connectivity index (χ0) is 18.7. The maximum absolute atomic E-state index is 12.6. The molecule has 1 aliphatic carbocycles. The van der Waals surface area contributed by atoms with Crippen molar-refractivity contribution >= 4 is 40.8 Å². The topological polar surface area (TPSA) is 84.5 Å². The van der Waals surface area contributed by atoms with E-state index >= 15 is 0 Å². The number of nitrogens with one attached hydrogen (secondary N) is 2. The molecule has 134 valence electrons. The zero-order valence-electron chi connectivity index (χ0n) is 14.0. The number of amides is 2. The molecule has 0 saturated heterocycles. The maximum Gasteiger partial charge on any atom is 0.337 e. The van der Waals surface area contributed by atoms with Crippen LogP contribution in [0.4, 0.5) is 11.4 Å². The van der Waals surface area contributed by atoms with Crippen molar-refractivity contribution in [3.05, 3.63) is 59.1 Å². The van der Waals surface area contributed by atoms with Gasteiger partial charge in [0.2, 0.25) is 11.8 Å². The van der Waals surface area contributed by atoms with Gasteiger partial charge in [-0.1, -0.05) is 17.7 Å². The molecule has 3 rings (SSSR count). The second-order valence-corrected chi connectivity index (χ2v) is 6.51. The number of hydrogen-bond donors (Lipinski definition) is 2. The third-order valence-electron chi connectivity index (χ3n) is 4.26. The lowest BCUT2D eigenvalue weighted by molar-refractivity contribution is -0.131. The Morgan fingerprint density at radius 2 is 1.58 bits per heavy atom. The minimum Gasteiger partial charge on any atom is -0.465 e. The summed E-state index contributed by atoms with van der Waals surface area (Å²) in [6, 6.07) is 13.1. The molecule has 0 heterocycles. The third-order valence-corrected chi connectivity index (χ3v) is 4.51. The van der Waals surface area contributed by atoms with Gasteiger partial charge < -0.3 is 15.4 Å². The molecule has 0 bridgehead atoms. The summed E-state index contributed by atoms with van der Waals surface area (Å²) in [6.07, 6.45) is 0.934. The minimum absolute atomic E-state index is 0.320. The molecule has 2 amide bonds. The van der Waals surface area contributed by atoms with Gasteiger partial charge in [0.05, 0.1) is 12.7 Å². The molecule has 0 radical (unpaired) electrons. The van der Waals surface area contributed by atoms with Gasteiger partial charge in [-0.3, -0.25) is 9.59 Å². The quantitative estimate of drug-likeness (QED) is 0.621. The number of hydrogen-bond acceptors (Lipinski definition) is 4. The van der Waals surface area contributed by atoms with Crippen LogP contribution in [0.25, 0.3) is 0 Å². The van der Waals surface area contributed by atoms with Crippen molar-refractivity contribution in [1.29, 1.82) is 0 Å². The highest BCUT2D eigenvalue weighted by Gasteiger charge is 2.56. The number of benzene rings is 2. The number of carbonyl (C=O) groups is 3. The first-order chi connectivity index (χ1) is 12.4. The summed E-state index contributed by atoms with van der Waals surface area (Å²) in [5.41, 5.74) is 0.233. The van der Waals surface area contributed by atoms with E-state index in [1.54, 1.807) is 42.5 Å². The molecule has 0 unspecified atom stereocenters. The molecule has 0 aromatic heterocycles. The zero-order valence-corrected chi connectivity index (χ0v) is 14.8. The van der Waals surface area contributed by atoms with E-state index in [9.17, 15) is 14.4 Å². The predicted molar refractivity (Wildman–Crippen MR) is 98.2 cm³/mol. The third kappa shape index (κ3) is 3.70. The molecule has 1 aliphatic rings. The van der Waals surface area contributed by atoms with Crippen LogP contribution in [0.2, 0.25) is 5.02 Å². The monoisotopic (exact) mass is 372 g/mol. The lowest BCUT2D eigenvalue weighted by Crippen LogP contribution is -2.35. The van der Waals surface area contributed by atoms with E-state index in [2.05, 4.69) is 15.4 Å². The summed E-state index contributed by atoms with van der Waals surface area (Å²) in [5, 5.41) is 6.02. The fourth-order valence-corrected chi connectivity index (χ4v) is 2.68. The smallest absolute Gasteiger partial charge is 0.337 e. The van der Waals surface area contributed by atoms with E-state index in [1.807, 2.05) is 0 Å². The summed E-state index contributed by atoms with van der Waals surface area (Å²) in [5.74, 6) is -1.25. The average Bonchev–Trinajstić information content (AvgIpc) is 3.45. The standard InChI is InChI=1S/C19H17ClN2O4/c1-26-16(23)12-3-2-4-15(11-12)22-18(25)19(9-10-19)17(24)21-14-7-5-13(20)6-8-14/h2-8,11H,9-10H2,1H3,(H,21,24)(H,22,25). The number of methoxy groups -OCH3 is 1. The van der Waals surface area contributed by atoms with Gasteiger partial charge in [-0.05, 0) is 55.3 Å². The fraction of sp³-hybridized carbons (Fsp3) is 0.211. The Kier molecular flexibility index (Phi) is 4.95. The van der Waals surface area contributed by atoms with Crippen LogP contribution in [0.5, 0.6) is 0 Å². The van der Waals surface area contributed by atoms with Crippen molar-refractivity contribution < 1.29 is 19.1 Å². The van der Waals surface area contributed by atoms with Crippen molar-refractivity contribution in [3.8, 4) is 0 Å². The van der Waals surface area contributed by atoms with Crippen LogP contribution in [0.15, 0.2) is 48.5 Å². The Balaban J connectivity index is 1.70.